The number of esters is 3. The van der Waals surface area contributed by atoms with Crippen LogP contribution >= 0.6 is 7.82 Å². The van der Waals surface area contributed by atoms with Crippen LogP contribution in [0, 0.1) is 0 Å². The average Bonchev–Trinajstić information content (AvgIpc) is 3.69. The van der Waals surface area contributed by atoms with Gasteiger partial charge in [-0.2, -0.15) is 7.82 Å². The average molecular weight is 1330 g/mol. The quantitative estimate of drug-likeness (QED) is 0.0140. The molecule has 548 valence electrons. The van der Waals surface area contributed by atoms with E-state index in [-0.39, 0.29) is 17.9 Å². The SMILES string of the molecule is CCCCCCCC/C=C\CCCCCCCC(=O)OCCOCC[N+](C)(C)C.CCCCCCCC/C=C\CCCCCCCC(=O)OCCOCC[N+](C)(C)C.CCCCCCCC/C=C\CCCCCCCC(=O)OCCOCC[N+](C)(C)C.O=P([O-])([O-])[O-]. The van der Waals surface area contributed by atoms with Crippen LogP contribution in [0.15, 0.2) is 36.5 Å². The zero-order chi connectivity index (χ0) is 69.4. The number of ether oxygens (including phenoxy) is 6. The van der Waals surface area contributed by atoms with Crippen LogP contribution in [0.25, 0.3) is 0 Å². The maximum atomic E-state index is 11.7. The lowest BCUT2D eigenvalue weighted by Crippen LogP contribution is -2.37. The number of phosphoric acid groups is 1. The summed E-state index contributed by atoms with van der Waals surface area (Å²) in [5.74, 6) is -0.256. The van der Waals surface area contributed by atoms with Gasteiger partial charge in [-0.25, -0.2) is 0 Å². The summed E-state index contributed by atoms with van der Waals surface area (Å²) in [5.41, 5.74) is 0. The molecular weight excluding hydrogens is 1180 g/mol. The number of hydrogen-bond acceptors (Lipinski definition) is 13. The molecule has 0 saturated heterocycles. The Hall–Kier alpha value is -2.50. The van der Waals surface area contributed by atoms with Crippen LogP contribution < -0.4 is 14.7 Å². The van der Waals surface area contributed by atoms with Crippen molar-refractivity contribution in [2.45, 2.75) is 290 Å². The summed E-state index contributed by atoms with van der Waals surface area (Å²) >= 11 is 0. The number of likely N-dealkylation sites (N-methyl/N-ethyl adjacent to an activating group) is 3. The van der Waals surface area contributed by atoms with Gasteiger partial charge in [0.1, 0.15) is 39.5 Å². The topological polar surface area (TPSA) is 193 Å². The summed E-state index contributed by atoms with van der Waals surface area (Å²) in [6.07, 6.45) is 65.3. The molecule has 0 aromatic heterocycles. The van der Waals surface area contributed by atoms with E-state index < -0.39 is 7.82 Å². The lowest BCUT2D eigenvalue weighted by Gasteiger charge is -2.36. The van der Waals surface area contributed by atoms with Crippen LogP contribution in [0.1, 0.15) is 290 Å². The molecule has 0 atom stereocenters. The van der Waals surface area contributed by atoms with E-state index in [1.807, 2.05) is 0 Å². The van der Waals surface area contributed by atoms with E-state index in [1.165, 1.54) is 212 Å². The Bertz CT molecular complexity index is 1510. The Morgan fingerprint density at radius 2 is 0.457 bits per heavy atom. The summed E-state index contributed by atoms with van der Waals surface area (Å²) in [5, 5.41) is 0. The Morgan fingerprint density at radius 1 is 0.283 bits per heavy atom. The zero-order valence-corrected chi connectivity index (χ0v) is 63.1. The molecule has 0 spiro atoms. The van der Waals surface area contributed by atoms with Crippen molar-refractivity contribution in [3.05, 3.63) is 36.5 Å². The maximum absolute atomic E-state index is 11.7. The predicted molar refractivity (Wildman–Crippen MR) is 380 cm³/mol. The summed E-state index contributed by atoms with van der Waals surface area (Å²) in [7, 11) is 13.8. The summed E-state index contributed by atoms with van der Waals surface area (Å²) in [4.78, 5) is 60.7. The lowest BCUT2D eigenvalue weighted by atomic mass is 10.1. The van der Waals surface area contributed by atoms with Crippen molar-refractivity contribution in [2.75, 3.05) is 143 Å². The third kappa shape index (κ3) is 106. The van der Waals surface area contributed by atoms with Gasteiger partial charge in [0.05, 0.1) is 103 Å². The molecule has 17 heteroatoms. The molecule has 0 saturated carbocycles. The van der Waals surface area contributed by atoms with Crippen LogP contribution in [0.4, 0.5) is 0 Å². The molecule has 0 aliphatic carbocycles. The van der Waals surface area contributed by atoms with Crippen molar-refractivity contribution in [1.29, 1.82) is 0 Å². The van der Waals surface area contributed by atoms with Crippen molar-refractivity contribution < 1.29 is 75.5 Å². The molecule has 0 radical (unpaired) electrons. The van der Waals surface area contributed by atoms with Crippen molar-refractivity contribution in [3.63, 3.8) is 0 Å². The number of carbonyl (C=O) groups excluding carboxylic acids is 3. The molecule has 0 heterocycles. The van der Waals surface area contributed by atoms with E-state index in [1.54, 1.807) is 0 Å². The number of unbranched alkanes of at least 4 members (excludes halogenated alkanes) is 33. The second-order valence-electron chi connectivity index (χ2n) is 28.0. The van der Waals surface area contributed by atoms with Crippen molar-refractivity contribution >= 4 is 25.7 Å². The second kappa shape index (κ2) is 72.8. The van der Waals surface area contributed by atoms with Crippen LogP contribution in [-0.2, 0) is 47.4 Å². The first-order valence-electron chi connectivity index (χ1n) is 37.2. The molecule has 0 aromatic carbocycles. The normalized spacial score (nSPS) is 12.0. The molecule has 0 bridgehead atoms. The second-order valence-corrected chi connectivity index (χ2v) is 28.9. The van der Waals surface area contributed by atoms with Crippen LogP contribution in [0.3, 0.4) is 0 Å². The van der Waals surface area contributed by atoms with E-state index in [9.17, 15) is 14.4 Å². The molecule has 16 nitrogen and oxygen atoms in total. The van der Waals surface area contributed by atoms with E-state index in [0.717, 1.165) is 71.6 Å². The Labute approximate surface area is 568 Å². The maximum Gasteiger partial charge on any atom is 0.305 e. The minimum Gasteiger partial charge on any atom is -0.822 e. The van der Waals surface area contributed by atoms with E-state index in [4.69, 9.17) is 47.7 Å². The first kappa shape index (κ1) is 95.9. The first-order valence-corrected chi connectivity index (χ1v) is 38.6. The monoisotopic (exact) mass is 1330 g/mol. The van der Waals surface area contributed by atoms with Crippen LogP contribution in [0.5, 0.6) is 0 Å². The zero-order valence-electron chi connectivity index (χ0n) is 62.2. The third-order valence-electron chi connectivity index (χ3n) is 15.1. The smallest absolute Gasteiger partial charge is 0.305 e. The third-order valence-corrected chi connectivity index (χ3v) is 15.1. The molecule has 0 fully saturated rings. The summed E-state index contributed by atoms with van der Waals surface area (Å²) in [6, 6.07) is 0. The fourth-order valence-electron chi connectivity index (χ4n) is 9.20. The van der Waals surface area contributed by atoms with E-state index >= 15 is 0 Å². The molecule has 0 amide bonds. The van der Waals surface area contributed by atoms with Gasteiger partial charge in [0.15, 0.2) is 0 Å². The molecule has 0 aliphatic heterocycles. The minimum absolute atomic E-state index is 0.0853. The number of carbonyl (C=O) groups is 3. The van der Waals surface area contributed by atoms with Crippen LogP contribution in [0.2, 0.25) is 0 Å². The number of rotatable bonds is 63. The molecule has 0 rings (SSSR count). The summed E-state index contributed by atoms with van der Waals surface area (Å²) < 4.78 is 43.3. The van der Waals surface area contributed by atoms with Gasteiger partial charge in [0.2, 0.25) is 0 Å². The molecule has 0 unspecified atom stereocenters. The first-order chi connectivity index (χ1) is 43.9. The Balaban J connectivity index is -0.000000607. The number of quaternary nitrogens is 3. The van der Waals surface area contributed by atoms with E-state index in [2.05, 4.69) is 121 Å². The van der Waals surface area contributed by atoms with Crippen molar-refractivity contribution in [3.8, 4) is 0 Å². The van der Waals surface area contributed by atoms with Gasteiger partial charge < -0.3 is 61.1 Å². The highest BCUT2D eigenvalue weighted by Crippen LogP contribution is 2.14. The number of allylic oxidation sites excluding steroid dienone is 6. The Kier molecular flexibility index (Phi) is 75.8. The molecule has 92 heavy (non-hydrogen) atoms. The van der Waals surface area contributed by atoms with Gasteiger partial charge >= 0.3 is 17.9 Å². The lowest BCUT2D eigenvalue weighted by molar-refractivity contribution is -0.870. The highest BCUT2D eigenvalue weighted by atomic mass is 31.2. The van der Waals surface area contributed by atoms with Crippen molar-refractivity contribution in [2.24, 2.45) is 0 Å². The van der Waals surface area contributed by atoms with Crippen molar-refractivity contribution in [1.82, 2.24) is 0 Å². The highest BCUT2D eigenvalue weighted by molar-refractivity contribution is 7.40. The molecular formula is C75H150N3O13P. The standard InChI is InChI=1S/3C25H50NO3.H3O4P/c3*1-5-6-7-8-9-10-11-12-13-14-15-16-17-18-19-20-25(27)29-24-23-28-22-21-26(2,3)4;1-5(2,3)4/h3*12-13H,5-11,14-24H2,1-4H3;(H3,1,2,3,4)/q3*+1;/p-3/b3*13-12-;. The van der Waals surface area contributed by atoms with Gasteiger partial charge in [0.25, 0.3) is 0 Å². The molecule has 0 aromatic rings. The van der Waals surface area contributed by atoms with Gasteiger partial charge in [-0.15, -0.1) is 0 Å². The molecule has 0 N–H and O–H groups in total. The summed E-state index contributed by atoms with van der Waals surface area (Å²) in [6.45, 7) is 14.4. The molecule has 0 aliphatic rings. The Morgan fingerprint density at radius 3 is 0.641 bits per heavy atom. The fraction of sp³-hybridized carbons (Fsp3) is 0.880. The van der Waals surface area contributed by atoms with Gasteiger partial charge in [-0.05, 0) is 96.3 Å². The van der Waals surface area contributed by atoms with Gasteiger partial charge in [0, 0.05) is 19.3 Å². The van der Waals surface area contributed by atoms with Crippen LogP contribution in [-0.4, -0.2) is 174 Å². The number of nitrogens with zero attached hydrogens (tertiary/aromatic N) is 3. The van der Waals surface area contributed by atoms with Gasteiger partial charge in [-0.1, -0.05) is 211 Å². The van der Waals surface area contributed by atoms with Gasteiger partial charge in [-0.3, -0.25) is 14.4 Å². The predicted octanol–water partition coefficient (Wildman–Crippen LogP) is 16.0. The van der Waals surface area contributed by atoms with E-state index in [0.29, 0.717) is 78.7 Å². The highest BCUT2D eigenvalue weighted by Gasteiger charge is 2.10. The number of hydrogen-bond donors (Lipinski definition) is 0. The largest absolute Gasteiger partial charge is 0.822 e. The minimum atomic E-state index is -5.39. The fourth-order valence-corrected chi connectivity index (χ4v) is 9.20.